The summed E-state index contributed by atoms with van der Waals surface area (Å²) in [5.41, 5.74) is 0.761. The highest BCUT2D eigenvalue weighted by Gasteiger charge is 2.24. The molecule has 0 aromatic heterocycles. The normalized spacial score (nSPS) is 11.7. The minimum atomic E-state index is -4.59. The summed E-state index contributed by atoms with van der Waals surface area (Å²) in [7, 11) is -4.59. The number of rotatable bonds is 4. The van der Waals surface area contributed by atoms with E-state index in [0.29, 0.717) is 10.9 Å². The van der Waals surface area contributed by atoms with Crippen molar-refractivity contribution in [3.05, 3.63) is 29.8 Å². The van der Waals surface area contributed by atoms with E-state index in [4.69, 9.17) is 0 Å². The molecule has 84 valence electrons. The fourth-order valence-corrected chi connectivity index (χ4v) is 2.02. The van der Waals surface area contributed by atoms with Crippen LogP contribution >= 0.6 is 15.9 Å². The van der Waals surface area contributed by atoms with Crippen LogP contribution in [0.25, 0.3) is 0 Å². The SMILES string of the molecule is O=S(=O)(Nc1ccccc1CBr)C(F)F. The highest BCUT2D eigenvalue weighted by Crippen LogP contribution is 2.20. The Labute approximate surface area is 94.7 Å². The molecule has 0 aliphatic rings. The Hall–Kier alpha value is -0.690. The number of nitrogens with one attached hydrogen (secondary N) is 1. The number of halogens is 3. The Morgan fingerprint density at radius 2 is 1.93 bits per heavy atom. The molecule has 0 saturated heterocycles. The summed E-state index contributed by atoms with van der Waals surface area (Å²) in [4.78, 5) is 0. The Bertz CT molecular complexity index is 436. The number of sulfonamides is 1. The molecular weight excluding hydrogens is 292 g/mol. The van der Waals surface area contributed by atoms with Gasteiger partial charge in [0.15, 0.2) is 0 Å². The van der Waals surface area contributed by atoms with Crippen molar-refractivity contribution < 1.29 is 17.2 Å². The van der Waals surface area contributed by atoms with E-state index in [1.165, 1.54) is 6.07 Å². The molecule has 0 aliphatic carbocycles. The molecule has 0 amide bonds. The zero-order valence-corrected chi connectivity index (χ0v) is 9.85. The van der Waals surface area contributed by atoms with Crippen LogP contribution in [0.4, 0.5) is 14.5 Å². The molecule has 15 heavy (non-hydrogen) atoms. The fourth-order valence-electron chi connectivity index (χ4n) is 0.934. The van der Waals surface area contributed by atoms with Gasteiger partial charge in [0.05, 0.1) is 5.69 Å². The molecule has 0 atom stereocenters. The summed E-state index contributed by atoms with van der Waals surface area (Å²) in [5.74, 6) is -3.43. The van der Waals surface area contributed by atoms with Gasteiger partial charge in [-0.25, -0.2) is 8.42 Å². The number of alkyl halides is 3. The first kappa shape index (κ1) is 12.4. The summed E-state index contributed by atoms with van der Waals surface area (Å²) in [6.45, 7) is 0. The highest BCUT2D eigenvalue weighted by atomic mass is 79.9. The minimum absolute atomic E-state index is 0.162. The zero-order valence-electron chi connectivity index (χ0n) is 7.45. The van der Waals surface area contributed by atoms with E-state index in [9.17, 15) is 17.2 Å². The lowest BCUT2D eigenvalue weighted by Crippen LogP contribution is -2.21. The summed E-state index contributed by atoms with van der Waals surface area (Å²) in [6.07, 6.45) is 0. The van der Waals surface area contributed by atoms with E-state index in [1.807, 2.05) is 4.72 Å². The molecule has 0 fully saturated rings. The minimum Gasteiger partial charge on any atom is -0.278 e. The molecule has 0 unspecified atom stereocenters. The molecule has 0 spiro atoms. The zero-order chi connectivity index (χ0) is 11.5. The molecule has 0 heterocycles. The average Bonchev–Trinajstić information content (AvgIpc) is 2.18. The molecule has 1 N–H and O–H groups in total. The number of hydrogen-bond donors (Lipinski definition) is 1. The van der Waals surface area contributed by atoms with Crippen molar-refractivity contribution in [2.24, 2.45) is 0 Å². The Morgan fingerprint density at radius 1 is 1.33 bits per heavy atom. The van der Waals surface area contributed by atoms with Gasteiger partial charge in [0.25, 0.3) is 10.0 Å². The van der Waals surface area contributed by atoms with E-state index in [1.54, 1.807) is 18.2 Å². The first-order valence-corrected chi connectivity index (χ1v) is 6.58. The van der Waals surface area contributed by atoms with Crippen LogP contribution in [-0.4, -0.2) is 14.2 Å². The molecule has 0 saturated carbocycles. The predicted molar refractivity (Wildman–Crippen MR) is 57.6 cm³/mol. The van der Waals surface area contributed by atoms with Crippen molar-refractivity contribution in [1.82, 2.24) is 0 Å². The summed E-state index contributed by atoms with van der Waals surface area (Å²) >= 11 is 3.13. The van der Waals surface area contributed by atoms with Crippen LogP contribution in [0.1, 0.15) is 5.56 Å². The van der Waals surface area contributed by atoms with E-state index < -0.39 is 15.8 Å². The largest absolute Gasteiger partial charge is 0.355 e. The molecule has 0 bridgehead atoms. The van der Waals surface area contributed by atoms with Gasteiger partial charge in [-0.1, -0.05) is 34.1 Å². The molecule has 1 rings (SSSR count). The van der Waals surface area contributed by atoms with Crippen LogP contribution in [0.2, 0.25) is 0 Å². The Kier molecular flexibility index (Phi) is 4.04. The van der Waals surface area contributed by atoms with Gasteiger partial charge < -0.3 is 0 Å². The highest BCUT2D eigenvalue weighted by molar-refractivity contribution is 9.08. The molecule has 3 nitrogen and oxygen atoms in total. The predicted octanol–water partition coefficient (Wildman–Crippen LogP) is 2.55. The van der Waals surface area contributed by atoms with Crippen LogP contribution in [0.5, 0.6) is 0 Å². The maximum absolute atomic E-state index is 12.1. The van der Waals surface area contributed by atoms with Gasteiger partial charge in [-0.15, -0.1) is 0 Å². The topological polar surface area (TPSA) is 46.2 Å². The molecule has 0 aliphatic heterocycles. The molecule has 1 aromatic rings. The third-order valence-corrected chi connectivity index (χ3v) is 3.23. The molecule has 7 heteroatoms. The number of benzene rings is 1. The van der Waals surface area contributed by atoms with Crippen molar-refractivity contribution in [3.63, 3.8) is 0 Å². The quantitative estimate of drug-likeness (QED) is 0.869. The summed E-state index contributed by atoms with van der Waals surface area (Å²) in [6, 6.07) is 6.32. The maximum atomic E-state index is 12.1. The molecular formula is C8H8BrF2NO2S. The third-order valence-electron chi connectivity index (χ3n) is 1.65. The fraction of sp³-hybridized carbons (Fsp3) is 0.250. The lowest BCUT2D eigenvalue weighted by atomic mass is 10.2. The van der Waals surface area contributed by atoms with Crippen LogP contribution < -0.4 is 4.72 Å². The van der Waals surface area contributed by atoms with Crippen molar-refractivity contribution in [3.8, 4) is 0 Å². The Balaban J connectivity index is 3.00. The lowest BCUT2D eigenvalue weighted by molar-refractivity contribution is 0.236. The van der Waals surface area contributed by atoms with Crippen LogP contribution in [0.3, 0.4) is 0 Å². The van der Waals surface area contributed by atoms with Gasteiger partial charge in [0.1, 0.15) is 0 Å². The van der Waals surface area contributed by atoms with Gasteiger partial charge in [-0.3, -0.25) is 4.72 Å². The molecule has 0 radical (unpaired) electrons. The van der Waals surface area contributed by atoms with Gasteiger partial charge >= 0.3 is 5.76 Å². The average molecular weight is 300 g/mol. The number of para-hydroxylation sites is 1. The van der Waals surface area contributed by atoms with Crippen molar-refractivity contribution >= 4 is 31.6 Å². The summed E-state index contributed by atoms with van der Waals surface area (Å²) < 4.78 is 47.8. The third kappa shape index (κ3) is 3.13. The van der Waals surface area contributed by atoms with Crippen molar-refractivity contribution in [1.29, 1.82) is 0 Å². The van der Waals surface area contributed by atoms with E-state index in [0.717, 1.165) is 0 Å². The smallest absolute Gasteiger partial charge is 0.278 e. The van der Waals surface area contributed by atoms with Crippen LogP contribution in [-0.2, 0) is 15.4 Å². The Morgan fingerprint density at radius 3 is 2.47 bits per heavy atom. The van der Waals surface area contributed by atoms with Gasteiger partial charge in [-0.05, 0) is 11.6 Å². The standard InChI is InChI=1S/C8H8BrF2NO2S/c9-5-6-3-1-2-4-7(6)12-15(13,14)8(10)11/h1-4,8,12H,5H2. The van der Waals surface area contributed by atoms with E-state index in [-0.39, 0.29) is 5.69 Å². The monoisotopic (exact) mass is 299 g/mol. The summed E-state index contributed by atoms with van der Waals surface area (Å²) in [5, 5.41) is 0.384. The van der Waals surface area contributed by atoms with E-state index in [2.05, 4.69) is 15.9 Å². The first-order valence-electron chi connectivity index (χ1n) is 3.91. The first-order chi connectivity index (χ1) is 6.97. The lowest BCUT2D eigenvalue weighted by Gasteiger charge is -2.09. The molecule has 1 aromatic carbocycles. The number of hydrogen-bond acceptors (Lipinski definition) is 2. The van der Waals surface area contributed by atoms with Crippen molar-refractivity contribution in [2.45, 2.75) is 11.1 Å². The number of anilines is 1. The van der Waals surface area contributed by atoms with Gasteiger partial charge in [-0.2, -0.15) is 8.78 Å². The van der Waals surface area contributed by atoms with Crippen LogP contribution in [0, 0.1) is 0 Å². The second-order valence-corrected chi connectivity index (χ2v) is 4.91. The maximum Gasteiger partial charge on any atom is 0.355 e. The van der Waals surface area contributed by atoms with Gasteiger partial charge in [0, 0.05) is 5.33 Å². The van der Waals surface area contributed by atoms with Crippen LogP contribution in [0.15, 0.2) is 24.3 Å². The van der Waals surface area contributed by atoms with Gasteiger partial charge in [0.2, 0.25) is 0 Å². The van der Waals surface area contributed by atoms with Crippen molar-refractivity contribution in [2.75, 3.05) is 4.72 Å². The second kappa shape index (κ2) is 4.89. The van der Waals surface area contributed by atoms with E-state index >= 15 is 0 Å². The second-order valence-electron chi connectivity index (χ2n) is 2.70.